The molecule has 1 unspecified atom stereocenters. The Morgan fingerprint density at radius 3 is 2.94 bits per heavy atom. The Labute approximate surface area is 97.5 Å². The van der Waals surface area contributed by atoms with Crippen molar-refractivity contribution in [2.24, 2.45) is 0 Å². The molecule has 1 rings (SSSR count). The van der Waals surface area contributed by atoms with E-state index in [1.54, 1.807) is 6.20 Å². The van der Waals surface area contributed by atoms with E-state index in [0.29, 0.717) is 6.61 Å². The lowest BCUT2D eigenvalue weighted by Gasteiger charge is -2.16. The van der Waals surface area contributed by atoms with E-state index in [1.807, 2.05) is 25.3 Å². The number of nitrogens with one attached hydrogen (secondary N) is 1. The second-order valence-electron chi connectivity index (χ2n) is 3.52. The Bertz CT molecular complexity index is 325. The van der Waals surface area contributed by atoms with Gasteiger partial charge in [-0.3, -0.25) is 4.98 Å². The number of pyridine rings is 1. The molecule has 0 aliphatic heterocycles. The summed E-state index contributed by atoms with van der Waals surface area (Å²) in [5.74, 6) is 0.826. The molecule has 0 bridgehead atoms. The third kappa shape index (κ3) is 3.66. The summed E-state index contributed by atoms with van der Waals surface area (Å²) in [5.41, 5.74) is 1.15. The van der Waals surface area contributed by atoms with Crippen LogP contribution >= 0.6 is 0 Å². The monoisotopic (exact) mass is 220 g/mol. The lowest BCUT2D eigenvalue weighted by molar-refractivity contribution is 0.338. The molecular formula is C13H20N2O. The molecular weight excluding hydrogens is 200 g/mol. The van der Waals surface area contributed by atoms with Gasteiger partial charge >= 0.3 is 0 Å². The van der Waals surface area contributed by atoms with Crippen LogP contribution in [0.3, 0.4) is 0 Å². The summed E-state index contributed by atoms with van der Waals surface area (Å²) < 4.78 is 5.44. The Kier molecular flexibility index (Phi) is 5.57. The molecule has 3 heteroatoms. The molecule has 0 aliphatic carbocycles. The summed E-state index contributed by atoms with van der Waals surface area (Å²) in [6.07, 6.45) is 6.43. The largest absolute Gasteiger partial charge is 0.492 e. The molecule has 0 spiro atoms. The first-order valence-corrected chi connectivity index (χ1v) is 5.73. The summed E-state index contributed by atoms with van der Waals surface area (Å²) in [5, 5.41) is 3.40. The molecule has 0 amide bonds. The van der Waals surface area contributed by atoms with E-state index in [9.17, 15) is 0 Å². The summed E-state index contributed by atoms with van der Waals surface area (Å²) in [7, 11) is 0. The third-order valence-electron chi connectivity index (χ3n) is 2.30. The van der Waals surface area contributed by atoms with Crippen LogP contribution < -0.4 is 10.1 Å². The van der Waals surface area contributed by atoms with Gasteiger partial charge in [-0.2, -0.15) is 0 Å². The molecule has 0 saturated carbocycles. The number of hydrogen-bond acceptors (Lipinski definition) is 3. The van der Waals surface area contributed by atoms with E-state index in [2.05, 4.69) is 23.8 Å². The van der Waals surface area contributed by atoms with Gasteiger partial charge in [0.05, 0.1) is 12.8 Å². The van der Waals surface area contributed by atoms with E-state index in [4.69, 9.17) is 4.74 Å². The van der Waals surface area contributed by atoms with Crippen LogP contribution in [0.4, 0.5) is 0 Å². The fourth-order valence-corrected chi connectivity index (χ4v) is 1.62. The molecule has 0 saturated heterocycles. The minimum atomic E-state index is 0.274. The van der Waals surface area contributed by atoms with Crippen LogP contribution in [0.25, 0.3) is 0 Å². The summed E-state index contributed by atoms with van der Waals surface area (Å²) in [6.45, 7) is 9.43. The van der Waals surface area contributed by atoms with Crippen molar-refractivity contribution in [3.63, 3.8) is 0 Å². The second kappa shape index (κ2) is 7.01. The SMILES string of the molecule is C=CCC(NCC)c1cncc(OCC)c1. The van der Waals surface area contributed by atoms with E-state index in [-0.39, 0.29) is 6.04 Å². The average molecular weight is 220 g/mol. The van der Waals surface area contributed by atoms with Crippen LogP contribution in [-0.2, 0) is 0 Å². The fourth-order valence-electron chi connectivity index (χ4n) is 1.62. The zero-order chi connectivity index (χ0) is 11.8. The van der Waals surface area contributed by atoms with Crippen molar-refractivity contribution in [3.05, 3.63) is 36.7 Å². The maximum Gasteiger partial charge on any atom is 0.137 e. The van der Waals surface area contributed by atoms with Crippen molar-refractivity contribution in [1.82, 2.24) is 10.3 Å². The number of aromatic nitrogens is 1. The van der Waals surface area contributed by atoms with Crippen molar-refractivity contribution in [2.45, 2.75) is 26.3 Å². The maximum atomic E-state index is 5.44. The van der Waals surface area contributed by atoms with Crippen LogP contribution in [0.5, 0.6) is 5.75 Å². The lowest BCUT2D eigenvalue weighted by Crippen LogP contribution is -2.20. The molecule has 88 valence electrons. The van der Waals surface area contributed by atoms with Gasteiger partial charge in [-0.1, -0.05) is 13.0 Å². The predicted octanol–water partition coefficient (Wildman–Crippen LogP) is 2.71. The number of ether oxygens (including phenoxy) is 1. The molecule has 1 aromatic heterocycles. The molecule has 1 N–H and O–H groups in total. The zero-order valence-corrected chi connectivity index (χ0v) is 10.1. The van der Waals surface area contributed by atoms with E-state index in [0.717, 1.165) is 24.3 Å². The van der Waals surface area contributed by atoms with Gasteiger partial charge < -0.3 is 10.1 Å². The molecule has 1 atom stereocenters. The third-order valence-corrected chi connectivity index (χ3v) is 2.30. The van der Waals surface area contributed by atoms with Crippen molar-refractivity contribution in [1.29, 1.82) is 0 Å². The van der Waals surface area contributed by atoms with Gasteiger partial charge in [0.1, 0.15) is 5.75 Å². The zero-order valence-electron chi connectivity index (χ0n) is 10.1. The quantitative estimate of drug-likeness (QED) is 0.717. The van der Waals surface area contributed by atoms with Crippen molar-refractivity contribution >= 4 is 0 Å². The predicted molar refractivity (Wildman–Crippen MR) is 66.6 cm³/mol. The van der Waals surface area contributed by atoms with Crippen molar-refractivity contribution in [2.75, 3.05) is 13.2 Å². The normalized spacial score (nSPS) is 12.1. The van der Waals surface area contributed by atoms with Gasteiger partial charge in [-0.15, -0.1) is 6.58 Å². The van der Waals surface area contributed by atoms with Gasteiger partial charge in [0, 0.05) is 12.2 Å². The first kappa shape index (κ1) is 12.7. The first-order chi connectivity index (χ1) is 7.81. The Hall–Kier alpha value is -1.35. The highest BCUT2D eigenvalue weighted by Crippen LogP contribution is 2.20. The fraction of sp³-hybridized carbons (Fsp3) is 0.462. The van der Waals surface area contributed by atoms with Crippen LogP contribution in [-0.4, -0.2) is 18.1 Å². The van der Waals surface area contributed by atoms with Gasteiger partial charge in [0.15, 0.2) is 0 Å². The summed E-state index contributed by atoms with van der Waals surface area (Å²) in [6, 6.07) is 2.31. The number of nitrogens with zero attached hydrogens (tertiary/aromatic N) is 1. The minimum Gasteiger partial charge on any atom is -0.492 e. The van der Waals surface area contributed by atoms with Crippen LogP contribution in [0.15, 0.2) is 31.1 Å². The van der Waals surface area contributed by atoms with Gasteiger partial charge in [-0.05, 0) is 31.5 Å². The van der Waals surface area contributed by atoms with Gasteiger partial charge in [0.2, 0.25) is 0 Å². The standard InChI is InChI=1S/C13H20N2O/c1-4-7-13(15-5-2)11-8-12(16-6-3)10-14-9-11/h4,8-10,13,15H,1,5-7H2,2-3H3. The molecule has 3 nitrogen and oxygen atoms in total. The van der Waals surface area contributed by atoms with E-state index >= 15 is 0 Å². The highest BCUT2D eigenvalue weighted by Gasteiger charge is 2.09. The Morgan fingerprint density at radius 1 is 1.50 bits per heavy atom. The van der Waals surface area contributed by atoms with Gasteiger partial charge in [-0.25, -0.2) is 0 Å². The summed E-state index contributed by atoms with van der Waals surface area (Å²) in [4.78, 5) is 4.19. The van der Waals surface area contributed by atoms with Crippen molar-refractivity contribution < 1.29 is 4.74 Å². The van der Waals surface area contributed by atoms with E-state index < -0.39 is 0 Å². The smallest absolute Gasteiger partial charge is 0.137 e. The van der Waals surface area contributed by atoms with Crippen molar-refractivity contribution in [3.8, 4) is 5.75 Å². The highest BCUT2D eigenvalue weighted by atomic mass is 16.5. The Morgan fingerprint density at radius 2 is 2.31 bits per heavy atom. The molecule has 0 fully saturated rings. The highest BCUT2D eigenvalue weighted by molar-refractivity contribution is 5.26. The van der Waals surface area contributed by atoms with Crippen LogP contribution in [0.1, 0.15) is 31.9 Å². The maximum absolute atomic E-state index is 5.44. The topological polar surface area (TPSA) is 34.2 Å². The van der Waals surface area contributed by atoms with E-state index in [1.165, 1.54) is 0 Å². The Balaban J connectivity index is 2.81. The van der Waals surface area contributed by atoms with Gasteiger partial charge in [0.25, 0.3) is 0 Å². The number of hydrogen-bond donors (Lipinski definition) is 1. The first-order valence-electron chi connectivity index (χ1n) is 5.73. The number of rotatable bonds is 7. The summed E-state index contributed by atoms with van der Waals surface area (Å²) >= 11 is 0. The molecule has 1 aromatic rings. The molecule has 0 aliphatic rings. The van der Waals surface area contributed by atoms with Crippen LogP contribution in [0, 0.1) is 0 Å². The molecule has 1 heterocycles. The average Bonchev–Trinajstić information content (AvgIpc) is 2.30. The molecule has 0 aromatic carbocycles. The molecule has 0 radical (unpaired) electrons. The van der Waals surface area contributed by atoms with Crippen LogP contribution in [0.2, 0.25) is 0 Å². The lowest BCUT2D eigenvalue weighted by atomic mass is 10.1. The second-order valence-corrected chi connectivity index (χ2v) is 3.52. The minimum absolute atomic E-state index is 0.274. The molecule has 16 heavy (non-hydrogen) atoms.